The molecule has 0 amide bonds. The van der Waals surface area contributed by atoms with Crippen LogP contribution in [0.4, 0.5) is 0 Å². The Balaban J connectivity index is 1.48. The third kappa shape index (κ3) is 3.06. The van der Waals surface area contributed by atoms with E-state index in [-0.39, 0.29) is 0 Å². The fourth-order valence-electron chi connectivity index (χ4n) is 2.88. The molecule has 0 aliphatic rings. The van der Waals surface area contributed by atoms with Gasteiger partial charge in [0.05, 0.1) is 0 Å². The van der Waals surface area contributed by atoms with Crippen LogP contribution >= 0.6 is 0 Å². The third-order valence-electron chi connectivity index (χ3n) is 4.35. The predicted molar refractivity (Wildman–Crippen MR) is 97.9 cm³/mol. The molecular weight excluding hydrogens is 294 g/mol. The molecule has 1 N–H and O–H groups in total. The van der Waals surface area contributed by atoms with E-state index < -0.39 is 0 Å². The van der Waals surface area contributed by atoms with E-state index in [1.807, 2.05) is 18.6 Å². The molecule has 0 bridgehead atoms. The fraction of sp³-hybridized carbons (Fsp3) is 0.143. The fourth-order valence-corrected chi connectivity index (χ4v) is 2.88. The minimum Gasteiger partial charge on any atom is -0.361 e. The van der Waals surface area contributed by atoms with Crippen molar-refractivity contribution in [3.63, 3.8) is 0 Å². The first-order valence-corrected chi connectivity index (χ1v) is 8.22. The molecule has 4 rings (SSSR count). The topological polar surface area (TPSA) is 41.6 Å². The zero-order valence-electron chi connectivity index (χ0n) is 13.7. The number of fused-ring (bicyclic) bond motifs is 1. The molecule has 0 saturated heterocycles. The maximum absolute atomic E-state index is 4.54. The molecule has 2 aromatic heterocycles. The number of aromatic amines is 1. The van der Waals surface area contributed by atoms with Crippen LogP contribution in [0.3, 0.4) is 0 Å². The Hall–Kier alpha value is -2.94. The van der Waals surface area contributed by atoms with Crippen LogP contribution in [0, 0.1) is 6.92 Å². The summed E-state index contributed by atoms with van der Waals surface area (Å²) in [5, 5.41) is 1.20. The summed E-state index contributed by atoms with van der Waals surface area (Å²) in [5.74, 6) is 0.891. The zero-order valence-corrected chi connectivity index (χ0v) is 13.7. The van der Waals surface area contributed by atoms with Crippen molar-refractivity contribution >= 4 is 10.9 Å². The highest BCUT2D eigenvalue weighted by atomic mass is 14.9. The highest BCUT2D eigenvalue weighted by Crippen LogP contribution is 2.22. The van der Waals surface area contributed by atoms with E-state index in [1.54, 1.807) is 0 Å². The molecule has 0 atom stereocenters. The van der Waals surface area contributed by atoms with Crippen molar-refractivity contribution in [1.82, 2.24) is 15.0 Å². The van der Waals surface area contributed by atoms with Gasteiger partial charge < -0.3 is 4.98 Å². The molecule has 24 heavy (non-hydrogen) atoms. The number of benzene rings is 2. The van der Waals surface area contributed by atoms with Gasteiger partial charge in [-0.1, -0.05) is 35.9 Å². The van der Waals surface area contributed by atoms with Gasteiger partial charge in [-0.05, 0) is 48.1 Å². The van der Waals surface area contributed by atoms with Gasteiger partial charge in [0, 0.05) is 36.1 Å². The number of aryl methyl sites for hydroxylation is 3. The van der Waals surface area contributed by atoms with Crippen LogP contribution in [0.1, 0.15) is 17.0 Å². The van der Waals surface area contributed by atoms with Gasteiger partial charge >= 0.3 is 0 Å². The molecular formula is C21H19N3. The van der Waals surface area contributed by atoms with Crippen LogP contribution in [0.5, 0.6) is 0 Å². The quantitative estimate of drug-likeness (QED) is 0.592. The van der Waals surface area contributed by atoms with Crippen molar-refractivity contribution in [3.05, 3.63) is 84.1 Å². The van der Waals surface area contributed by atoms with E-state index in [2.05, 4.69) is 70.4 Å². The lowest BCUT2D eigenvalue weighted by Crippen LogP contribution is -1.98. The first-order chi connectivity index (χ1) is 11.8. The average molecular weight is 313 g/mol. The highest BCUT2D eigenvalue weighted by Gasteiger charge is 2.03. The number of nitrogens with zero attached hydrogens (tertiary/aromatic N) is 2. The summed E-state index contributed by atoms with van der Waals surface area (Å²) < 4.78 is 0. The second-order valence-corrected chi connectivity index (χ2v) is 6.15. The van der Waals surface area contributed by atoms with E-state index in [4.69, 9.17) is 0 Å². The molecule has 0 radical (unpaired) electrons. The maximum Gasteiger partial charge on any atom is 0.128 e. The number of H-pyrrole nitrogens is 1. The Morgan fingerprint density at radius 3 is 2.42 bits per heavy atom. The van der Waals surface area contributed by atoms with Gasteiger partial charge in [-0.15, -0.1) is 0 Å². The van der Waals surface area contributed by atoms with Gasteiger partial charge in [0.15, 0.2) is 0 Å². The Kier molecular flexibility index (Phi) is 3.83. The van der Waals surface area contributed by atoms with Gasteiger partial charge in [-0.25, -0.2) is 9.97 Å². The maximum atomic E-state index is 4.54. The minimum absolute atomic E-state index is 0.861. The van der Waals surface area contributed by atoms with Crippen LogP contribution < -0.4 is 0 Å². The van der Waals surface area contributed by atoms with E-state index in [0.717, 1.165) is 35.3 Å². The van der Waals surface area contributed by atoms with E-state index >= 15 is 0 Å². The predicted octanol–water partition coefficient (Wildman–Crippen LogP) is 4.72. The summed E-state index contributed by atoms with van der Waals surface area (Å²) in [6, 6.07) is 17.1. The minimum atomic E-state index is 0.861. The van der Waals surface area contributed by atoms with Gasteiger partial charge in [-0.3, -0.25) is 0 Å². The van der Waals surface area contributed by atoms with Crippen molar-refractivity contribution in [2.24, 2.45) is 0 Å². The first-order valence-electron chi connectivity index (χ1n) is 8.22. The lowest BCUT2D eigenvalue weighted by Gasteiger charge is -2.04. The summed E-state index contributed by atoms with van der Waals surface area (Å²) in [4.78, 5) is 12.3. The largest absolute Gasteiger partial charge is 0.361 e. The van der Waals surface area contributed by atoms with Crippen LogP contribution in [0.15, 0.2) is 67.1 Å². The van der Waals surface area contributed by atoms with Crippen LogP contribution in [0.2, 0.25) is 0 Å². The van der Waals surface area contributed by atoms with E-state index in [9.17, 15) is 0 Å². The smallest absolute Gasteiger partial charge is 0.128 e. The van der Waals surface area contributed by atoms with Crippen molar-refractivity contribution in [2.75, 3.05) is 0 Å². The monoisotopic (exact) mass is 313 g/mol. The first kappa shape index (κ1) is 14.6. The molecule has 0 fully saturated rings. The van der Waals surface area contributed by atoms with Crippen molar-refractivity contribution in [1.29, 1.82) is 0 Å². The summed E-state index contributed by atoms with van der Waals surface area (Å²) in [5.41, 5.74) is 5.96. The number of nitrogens with one attached hydrogen (secondary N) is 1. The highest BCUT2D eigenvalue weighted by molar-refractivity contribution is 5.84. The van der Waals surface area contributed by atoms with Gasteiger partial charge in [0.25, 0.3) is 0 Å². The lowest BCUT2D eigenvalue weighted by molar-refractivity contribution is 0.858. The van der Waals surface area contributed by atoms with Crippen LogP contribution in [-0.4, -0.2) is 15.0 Å². The number of aromatic nitrogens is 3. The van der Waals surface area contributed by atoms with Crippen molar-refractivity contribution < 1.29 is 0 Å². The average Bonchev–Trinajstić information content (AvgIpc) is 3.09. The zero-order chi connectivity index (χ0) is 16.4. The van der Waals surface area contributed by atoms with Gasteiger partial charge in [0.2, 0.25) is 0 Å². The Bertz CT molecular complexity index is 950. The second-order valence-electron chi connectivity index (χ2n) is 6.15. The Morgan fingerprint density at radius 1 is 0.833 bits per heavy atom. The molecule has 2 heterocycles. The summed E-state index contributed by atoms with van der Waals surface area (Å²) >= 11 is 0. The van der Waals surface area contributed by atoms with Crippen LogP contribution in [0.25, 0.3) is 22.0 Å². The molecule has 0 spiro atoms. The number of rotatable bonds is 4. The molecule has 0 aliphatic carbocycles. The summed E-state index contributed by atoms with van der Waals surface area (Å²) in [6.45, 7) is 2.11. The Labute approximate surface area is 141 Å². The van der Waals surface area contributed by atoms with E-state index in [0.29, 0.717) is 0 Å². The number of hydrogen-bond acceptors (Lipinski definition) is 2. The lowest BCUT2D eigenvalue weighted by atomic mass is 10.1. The molecule has 0 unspecified atom stereocenters. The number of hydrogen-bond donors (Lipinski definition) is 1. The molecule has 3 nitrogen and oxygen atoms in total. The van der Waals surface area contributed by atoms with Gasteiger partial charge in [0.1, 0.15) is 5.82 Å². The third-order valence-corrected chi connectivity index (χ3v) is 4.35. The normalized spacial score (nSPS) is 11.0. The molecule has 0 aliphatic heterocycles. The molecule has 2 aromatic carbocycles. The van der Waals surface area contributed by atoms with Crippen LogP contribution in [-0.2, 0) is 12.8 Å². The van der Waals surface area contributed by atoms with Crippen molar-refractivity contribution in [2.45, 2.75) is 19.8 Å². The molecule has 3 heteroatoms. The summed E-state index contributed by atoms with van der Waals surface area (Å²) in [6.07, 6.45) is 7.63. The van der Waals surface area contributed by atoms with E-state index in [1.165, 1.54) is 16.5 Å². The molecule has 4 aromatic rings. The van der Waals surface area contributed by atoms with Gasteiger partial charge in [-0.2, -0.15) is 0 Å². The standard InChI is InChI=1S/C21H19N3/c1-15-2-4-16(5-3-15)6-9-21-23-13-19(14-24-21)17-7-8-20-18(12-17)10-11-22-20/h2-5,7-8,10-14,22H,6,9H2,1H3. The molecule has 118 valence electrons. The SMILES string of the molecule is Cc1ccc(CCc2ncc(-c3ccc4[nH]ccc4c3)cn2)cc1. The summed E-state index contributed by atoms with van der Waals surface area (Å²) in [7, 11) is 0. The second kappa shape index (κ2) is 6.28. The van der Waals surface area contributed by atoms with Crippen molar-refractivity contribution in [3.8, 4) is 11.1 Å². The molecule has 0 saturated carbocycles. The Morgan fingerprint density at radius 2 is 1.62 bits per heavy atom.